The second-order valence-corrected chi connectivity index (χ2v) is 4.85. The normalized spacial score (nSPS) is 12.8. The van der Waals surface area contributed by atoms with Crippen molar-refractivity contribution >= 4 is 22.3 Å². The smallest absolute Gasteiger partial charge is 0.269 e. The van der Waals surface area contributed by atoms with Gasteiger partial charge in [0.15, 0.2) is 0 Å². The number of non-ortho nitro benzene ring substituents is 1. The van der Waals surface area contributed by atoms with Gasteiger partial charge in [-0.3, -0.25) is 10.1 Å². The van der Waals surface area contributed by atoms with Crippen molar-refractivity contribution in [1.82, 2.24) is 0 Å². The average molecular weight is 295 g/mol. The van der Waals surface area contributed by atoms with E-state index in [4.69, 9.17) is 4.42 Å². The lowest BCUT2D eigenvalue weighted by Crippen LogP contribution is -1.86. The van der Waals surface area contributed by atoms with Crippen LogP contribution < -0.4 is 0 Å². The average Bonchev–Trinajstić information content (AvgIpc) is 2.97. The molecule has 6 nitrogen and oxygen atoms in total. The van der Waals surface area contributed by atoms with Gasteiger partial charge >= 0.3 is 0 Å². The number of benzene rings is 2. The van der Waals surface area contributed by atoms with E-state index in [1.165, 1.54) is 12.1 Å². The van der Waals surface area contributed by atoms with Gasteiger partial charge in [-0.15, -0.1) is 0 Å². The SMILES string of the molecule is CC(N=Nc1ccc([N+](=O)[O-])cc1)c1cc2ccccc2o1. The molecule has 2 aromatic carbocycles. The molecule has 0 aliphatic rings. The van der Waals surface area contributed by atoms with E-state index in [2.05, 4.69) is 10.2 Å². The van der Waals surface area contributed by atoms with Crippen LogP contribution in [0.3, 0.4) is 0 Å². The first-order valence-corrected chi connectivity index (χ1v) is 6.77. The molecule has 1 aromatic heterocycles. The molecule has 22 heavy (non-hydrogen) atoms. The molecule has 0 radical (unpaired) electrons. The Morgan fingerprint density at radius 3 is 2.55 bits per heavy atom. The fourth-order valence-corrected chi connectivity index (χ4v) is 2.06. The summed E-state index contributed by atoms with van der Waals surface area (Å²) < 4.78 is 5.73. The lowest BCUT2D eigenvalue weighted by Gasteiger charge is -1.99. The van der Waals surface area contributed by atoms with E-state index in [-0.39, 0.29) is 11.7 Å². The van der Waals surface area contributed by atoms with Crippen LogP contribution in [-0.4, -0.2) is 4.92 Å². The van der Waals surface area contributed by atoms with Crippen LogP contribution in [0.2, 0.25) is 0 Å². The third kappa shape index (κ3) is 2.85. The number of fused-ring (bicyclic) bond motifs is 1. The summed E-state index contributed by atoms with van der Waals surface area (Å²) in [6, 6.07) is 15.4. The molecular weight excluding hydrogens is 282 g/mol. The molecule has 1 unspecified atom stereocenters. The molecule has 1 heterocycles. The molecular formula is C16H13N3O3. The third-order valence-electron chi connectivity index (χ3n) is 3.26. The van der Waals surface area contributed by atoms with E-state index in [1.54, 1.807) is 12.1 Å². The number of nitro groups is 1. The summed E-state index contributed by atoms with van der Waals surface area (Å²) in [7, 11) is 0. The first-order chi connectivity index (χ1) is 10.6. The number of furan rings is 1. The minimum atomic E-state index is -0.446. The van der Waals surface area contributed by atoms with Crippen LogP contribution in [0.25, 0.3) is 11.0 Å². The molecule has 0 saturated heterocycles. The molecule has 1 atom stereocenters. The van der Waals surface area contributed by atoms with E-state index < -0.39 is 4.92 Å². The monoisotopic (exact) mass is 295 g/mol. The van der Waals surface area contributed by atoms with Gasteiger partial charge in [-0.05, 0) is 31.2 Å². The zero-order valence-corrected chi connectivity index (χ0v) is 11.8. The number of nitrogens with zero attached hydrogens (tertiary/aromatic N) is 3. The maximum atomic E-state index is 10.6. The first kappa shape index (κ1) is 13.9. The quantitative estimate of drug-likeness (QED) is 0.377. The molecule has 0 bridgehead atoms. The molecule has 6 heteroatoms. The fourth-order valence-electron chi connectivity index (χ4n) is 2.06. The Morgan fingerprint density at radius 2 is 1.86 bits per heavy atom. The molecule has 3 aromatic rings. The summed E-state index contributed by atoms with van der Waals surface area (Å²) in [6.07, 6.45) is 0. The molecule has 0 fully saturated rings. The molecule has 110 valence electrons. The number of hydrogen-bond donors (Lipinski definition) is 0. The lowest BCUT2D eigenvalue weighted by molar-refractivity contribution is -0.384. The second kappa shape index (κ2) is 5.77. The molecule has 0 N–H and O–H groups in total. The Hall–Kier alpha value is -3.02. The highest BCUT2D eigenvalue weighted by Crippen LogP contribution is 2.27. The van der Waals surface area contributed by atoms with Crippen LogP contribution in [0.1, 0.15) is 18.7 Å². The maximum absolute atomic E-state index is 10.6. The van der Waals surface area contributed by atoms with Crippen molar-refractivity contribution < 1.29 is 9.34 Å². The van der Waals surface area contributed by atoms with Crippen LogP contribution in [0.4, 0.5) is 11.4 Å². The van der Waals surface area contributed by atoms with Gasteiger partial charge in [-0.1, -0.05) is 18.2 Å². The number of para-hydroxylation sites is 1. The minimum absolute atomic E-state index is 0.0317. The largest absolute Gasteiger partial charge is 0.459 e. The van der Waals surface area contributed by atoms with E-state index in [0.717, 1.165) is 16.7 Å². The van der Waals surface area contributed by atoms with Crippen molar-refractivity contribution in [3.05, 3.63) is 70.5 Å². The minimum Gasteiger partial charge on any atom is -0.459 e. The first-order valence-electron chi connectivity index (χ1n) is 6.77. The number of nitro benzene ring substituents is 1. The van der Waals surface area contributed by atoms with Gasteiger partial charge in [-0.2, -0.15) is 10.2 Å². The molecule has 0 aliphatic heterocycles. The molecule has 3 rings (SSSR count). The topological polar surface area (TPSA) is 81.0 Å². The summed E-state index contributed by atoms with van der Waals surface area (Å²) in [4.78, 5) is 10.1. The predicted molar refractivity (Wildman–Crippen MR) is 82.2 cm³/mol. The summed E-state index contributed by atoms with van der Waals surface area (Å²) in [5, 5.41) is 19.9. The van der Waals surface area contributed by atoms with Gasteiger partial charge in [0, 0.05) is 17.5 Å². The highest BCUT2D eigenvalue weighted by Gasteiger charge is 2.10. The van der Waals surface area contributed by atoms with Crippen molar-refractivity contribution in [2.24, 2.45) is 10.2 Å². The Kier molecular flexibility index (Phi) is 3.65. The van der Waals surface area contributed by atoms with Gasteiger partial charge in [0.1, 0.15) is 17.4 Å². The van der Waals surface area contributed by atoms with Crippen molar-refractivity contribution in [2.75, 3.05) is 0 Å². The zero-order valence-electron chi connectivity index (χ0n) is 11.8. The molecule has 0 amide bonds. The van der Waals surface area contributed by atoms with Gasteiger partial charge < -0.3 is 4.42 Å². The molecule has 0 aliphatic carbocycles. The van der Waals surface area contributed by atoms with Gasteiger partial charge in [0.05, 0.1) is 10.6 Å². The number of rotatable bonds is 4. The Labute approximate surface area is 126 Å². The van der Waals surface area contributed by atoms with Crippen LogP contribution in [0, 0.1) is 10.1 Å². The van der Waals surface area contributed by atoms with E-state index in [1.807, 2.05) is 37.3 Å². The standard InChI is InChI=1S/C16H13N3O3/c1-11(16-10-12-4-2-3-5-15(12)22-16)17-18-13-6-8-14(9-7-13)19(20)21/h2-11H,1H3. The Bertz CT molecular complexity index is 804. The number of azo groups is 1. The fraction of sp³-hybridized carbons (Fsp3) is 0.125. The van der Waals surface area contributed by atoms with Crippen LogP contribution in [-0.2, 0) is 0 Å². The number of hydrogen-bond acceptors (Lipinski definition) is 5. The summed E-state index contributed by atoms with van der Waals surface area (Å²) in [5.41, 5.74) is 1.41. The van der Waals surface area contributed by atoms with Gasteiger partial charge in [-0.25, -0.2) is 0 Å². The van der Waals surface area contributed by atoms with Crippen LogP contribution >= 0.6 is 0 Å². The highest BCUT2D eigenvalue weighted by molar-refractivity contribution is 5.77. The summed E-state index contributed by atoms with van der Waals surface area (Å²) in [6.45, 7) is 1.88. The third-order valence-corrected chi connectivity index (χ3v) is 3.26. The van der Waals surface area contributed by atoms with E-state index in [0.29, 0.717) is 5.69 Å². The molecule has 0 saturated carbocycles. The summed E-state index contributed by atoms with van der Waals surface area (Å²) >= 11 is 0. The van der Waals surface area contributed by atoms with Crippen molar-refractivity contribution in [1.29, 1.82) is 0 Å². The maximum Gasteiger partial charge on any atom is 0.269 e. The second-order valence-electron chi connectivity index (χ2n) is 4.85. The van der Waals surface area contributed by atoms with Crippen LogP contribution in [0.5, 0.6) is 0 Å². The molecule has 0 spiro atoms. The van der Waals surface area contributed by atoms with E-state index in [9.17, 15) is 10.1 Å². The Morgan fingerprint density at radius 1 is 1.14 bits per heavy atom. The van der Waals surface area contributed by atoms with E-state index >= 15 is 0 Å². The predicted octanol–water partition coefficient (Wildman–Crippen LogP) is 5.19. The highest BCUT2D eigenvalue weighted by atomic mass is 16.6. The van der Waals surface area contributed by atoms with Crippen molar-refractivity contribution in [2.45, 2.75) is 13.0 Å². The Balaban J connectivity index is 1.77. The summed E-state index contributed by atoms with van der Waals surface area (Å²) in [5.74, 6) is 0.729. The van der Waals surface area contributed by atoms with Crippen molar-refractivity contribution in [3.8, 4) is 0 Å². The lowest BCUT2D eigenvalue weighted by atomic mass is 10.2. The zero-order chi connectivity index (χ0) is 15.5. The van der Waals surface area contributed by atoms with Crippen molar-refractivity contribution in [3.63, 3.8) is 0 Å². The van der Waals surface area contributed by atoms with Crippen LogP contribution in [0.15, 0.2) is 69.2 Å². The van der Waals surface area contributed by atoms with Gasteiger partial charge in [0.2, 0.25) is 0 Å². The van der Waals surface area contributed by atoms with Gasteiger partial charge in [0.25, 0.3) is 5.69 Å².